The van der Waals surface area contributed by atoms with Gasteiger partial charge in [0.2, 0.25) is 5.88 Å². The average molecular weight is 265 g/mol. The third-order valence-electron chi connectivity index (χ3n) is 3.72. The first kappa shape index (κ1) is 14.1. The molecular weight excluding hydrogens is 242 g/mol. The van der Waals surface area contributed by atoms with Crippen molar-refractivity contribution in [1.82, 2.24) is 15.1 Å². The molecule has 1 aliphatic carbocycles. The van der Waals surface area contributed by atoms with E-state index < -0.39 is 0 Å². The van der Waals surface area contributed by atoms with E-state index in [0.29, 0.717) is 13.2 Å². The Balaban J connectivity index is 1.96. The summed E-state index contributed by atoms with van der Waals surface area (Å²) in [6.07, 6.45) is 3.95. The number of aryl methyl sites for hydroxylation is 2. The zero-order valence-electron chi connectivity index (χ0n) is 11.8. The lowest BCUT2D eigenvalue weighted by Gasteiger charge is -2.13. The van der Waals surface area contributed by atoms with Crippen molar-refractivity contribution in [2.45, 2.75) is 26.3 Å². The summed E-state index contributed by atoms with van der Waals surface area (Å²) in [5.74, 6) is 0.791. The molecule has 1 aromatic rings. The molecule has 1 aromatic heterocycles. The molecule has 106 valence electrons. The van der Waals surface area contributed by atoms with Gasteiger partial charge >= 0.3 is 0 Å². The van der Waals surface area contributed by atoms with Crippen LogP contribution < -0.4 is 10.1 Å². The molecule has 0 radical (unpaired) electrons. The number of rotatable bonds is 8. The Morgan fingerprint density at radius 1 is 1.58 bits per heavy atom. The highest BCUT2D eigenvalue weighted by molar-refractivity contribution is 5.31. The van der Waals surface area contributed by atoms with Crippen LogP contribution in [0.5, 0.6) is 5.88 Å². The van der Waals surface area contributed by atoms with Crippen LogP contribution in [-0.4, -0.2) is 34.6 Å². The van der Waals surface area contributed by atoms with Gasteiger partial charge < -0.3 is 15.2 Å². The molecule has 0 bridgehead atoms. The molecule has 1 heterocycles. The Bertz CT molecular complexity index is 450. The number of hydrogen-bond donors (Lipinski definition) is 2. The van der Waals surface area contributed by atoms with Gasteiger partial charge in [-0.3, -0.25) is 0 Å². The standard InChI is InChI=1S/C14H23N3O2/c1-4-7-19-13-12(11(2)16-17(13)3)8-15-9-14(10-18)5-6-14/h4,15,18H,1,5-10H2,2-3H3. The number of nitrogens with zero attached hydrogens (tertiary/aromatic N) is 2. The second-order valence-electron chi connectivity index (χ2n) is 5.35. The first-order chi connectivity index (χ1) is 9.12. The summed E-state index contributed by atoms with van der Waals surface area (Å²) in [6, 6.07) is 0. The van der Waals surface area contributed by atoms with Gasteiger partial charge in [-0.1, -0.05) is 12.7 Å². The first-order valence-electron chi connectivity index (χ1n) is 6.69. The van der Waals surface area contributed by atoms with Gasteiger partial charge in [0.15, 0.2) is 0 Å². The number of aromatic nitrogens is 2. The monoisotopic (exact) mass is 265 g/mol. The van der Waals surface area contributed by atoms with E-state index in [1.54, 1.807) is 10.8 Å². The fraction of sp³-hybridized carbons (Fsp3) is 0.643. The molecule has 5 heteroatoms. The Morgan fingerprint density at radius 3 is 2.89 bits per heavy atom. The van der Waals surface area contributed by atoms with Crippen molar-refractivity contribution in [2.24, 2.45) is 12.5 Å². The lowest BCUT2D eigenvalue weighted by Crippen LogP contribution is -2.26. The number of hydrogen-bond acceptors (Lipinski definition) is 4. The third-order valence-corrected chi connectivity index (χ3v) is 3.72. The topological polar surface area (TPSA) is 59.3 Å². The van der Waals surface area contributed by atoms with Crippen LogP contribution in [0.4, 0.5) is 0 Å². The van der Waals surface area contributed by atoms with Crippen molar-refractivity contribution < 1.29 is 9.84 Å². The molecule has 19 heavy (non-hydrogen) atoms. The molecule has 1 aliphatic rings. The van der Waals surface area contributed by atoms with E-state index in [4.69, 9.17) is 4.74 Å². The quantitative estimate of drug-likeness (QED) is 0.692. The fourth-order valence-electron chi connectivity index (χ4n) is 2.22. The summed E-state index contributed by atoms with van der Waals surface area (Å²) in [6.45, 7) is 7.95. The SMILES string of the molecule is C=CCOc1c(CNCC2(CO)CC2)c(C)nn1C. The van der Waals surface area contributed by atoms with Crippen LogP contribution in [0.3, 0.4) is 0 Å². The summed E-state index contributed by atoms with van der Waals surface area (Å²) < 4.78 is 7.41. The molecule has 0 spiro atoms. The molecule has 0 aliphatic heterocycles. The molecule has 1 saturated carbocycles. The zero-order valence-corrected chi connectivity index (χ0v) is 11.8. The maximum Gasteiger partial charge on any atom is 0.216 e. The van der Waals surface area contributed by atoms with Crippen LogP contribution in [0.1, 0.15) is 24.1 Å². The van der Waals surface area contributed by atoms with E-state index in [1.165, 1.54) is 0 Å². The second-order valence-corrected chi connectivity index (χ2v) is 5.35. The van der Waals surface area contributed by atoms with E-state index in [2.05, 4.69) is 17.0 Å². The van der Waals surface area contributed by atoms with Crippen molar-refractivity contribution >= 4 is 0 Å². The van der Waals surface area contributed by atoms with E-state index in [9.17, 15) is 5.11 Å². The molecule has 0 unspecified atom stereocenters. The molecular formula is C14H23N3O2. The summed E-state index contributed by atoms with van der Waals surface area (Å²) in [4.78, 5) is 0. The summed E-state index contributed by atoms with van der Waals surface area (Å²) in [5, 5.41) is 17.1. The van der Waals surface area contributed by atoms with Gasteiger partial charge in [-0.25, -0.2) is 4.68 Å². The van der Waals surface area contributed by atoms with Crippen molar-refractivity contribution in [3.8, 4) is 5.88 Å². The van der Waals surface area contributed by atoms with Gasteiger partial charge in [0.05, 0.1) is 11.3 Å². The maximum absolute atomic E-state index is 9.29. The number of aliphatic hydroxyl groups is 1. The molecule has 1 fully saturated rings. The minimum absolute atomic E-state index is 0.123. The minimum Gasteiger partial charge on any atom is -0.473 e. The third kappa shape index (κ3) is 3.16. The van der Waals surface area contributed by atoms with Gasteiger partial charge in [-0.2, -0.15) is 5.10 Å². The predicted octanol–water partition coefficient (Wildman–Crippen LogP) is 1.16. The maximum atomic E-state index is 9.29. The zero-order chi connectivity index (χ0) is 13.9. The van der Waals surface area contributed by atoms with Gasteiger partial charge in [-0.05, 0) is 19.8 Å². The Labute approximate surface area is 114 Å². The van der Waals surface area contributed by atoms with Gasteiger partial charge in [-0.15, -0.1) is 0 Å². The largest absolute Gasteiger partial charge is 0.473 e. The highest BCUT2D eigenvalue weighted by atomic mass is 16.5. The number of ether oxygens (including phenoxy) is 1. The van der Waals surface area contributed by atoms with Gasteiger partial charge in [0.1, 0.15) is 6.61 Å². The van der Waals surface area contributed by atoms with Crippen LogP contribution in [0, 0.1) is 12.3 Å². The van der Waals surface area contributed by atoms with Gasteiger partial charge in [0.25, 0.3) is 0 Å². The highest BCUT2D eigenvalue weighted by Crippen LogP contribution is 2.44. The van der Waals surface area contributed by atoms with Crippen molar-refractivity contribution in [1.29, 1.82) is 0 Å². The van der Waals surface area contributed by atoms with Crippen LogP contribution >= 0.6 is 0 Å². The summed E-state index contributed by atoms with van der Waals surface area (Å²) in [7, 11) is 1.88. The molecule has 0 amide bonds. The van der Waals surface area contributed by atoms with Crippen molar-refractivity contribution in [2.75, 3.05) is 19.8 Å². The smallest absolute Gasteiger partial charge is 0.216 e. The van der Waals surface area contributed by atoms with E-state index in [-0.39, 0.29) is 12.0 Å². The molecule has 0 atom stereocenters. The second kappa shape index (κ2) is 5.75. The molecule has 0 aromatic carbocycles. The van der Waals surface area contributed by atoms with E-state index in [1.807, 2.05) is 14.0 Å². The average Bonchev–Trinajstić information content (AvgIpc) is 3.12. The van der Waals surface area contributed by atoms with E-state index in [0.717, 1.165) is 36.5 Å². The van der Waals surface area contributed by atoms with Crippen LogP contribution in [0.25, 0.3) is 0 Å². The predicted molar refractivity (Wildman–Crippen MR) is 74.1 cm³/mol. The number of aliphatic hydroxyl groups excluding tert-OH is 1. The van der Waals surface area contributed by atoms with Crippen molar-refractivity contribution in [3.05, 3.63) is 23.9 Å². The molecule has 2 N–H and O–H groups in total. The van der Waals surface area contributed by atoms with Crippen LogP contribution in [0.2, 0.25) is 0 Å². The lowest BCUT2D eigenvalue weighted by molar-refractivity contribution is 0.207. The first-order valence-corrected chi connectivity index (χ1v) is 6.69. The normalized spacial score (nSPS) is 16.4. The Kier molecular flexibility index (Phi) is 4.27. The number of nitrogens with one attached hydrogen (secondary N) is 1. The molecule has 2 rings (SSSR count). The van der Waals surface area contributed by atoms with E-state index >= 15 is 0 Å². The van der Waals surface area contributed by atoms with Gasteiger partial charge in [0, 0.05) is 32.2 Å². The Hall–Kier alpha value is -1.33. The summed E-state index contributed by atoms with van der Waals surface area (Å²) >= 11 is 0. The summed E-state index contributed by atoms with van der Waals surface area (Å²) in [5.41, 5.74) is 2.18. The lowest BCUT2D eigenvalue weighted by atomic mass is 10.1. The van der Waals surface area contributed by atoms with Crippen LogP contribution in [-0.2, 0) is 13.6 Å². The Morgan fingerprint density at radius 2 is 2.32 bits per heavy atom. The molecule has 5 nitrogen and oxygen atoms in total. The molecule has 0 saturated heterocycles. The van der Waals surface area contributed by atoms with Crippen molar-refractivity contribution in [3.63, 3.8) is 0 Å². The fourth-order valence-corrected chi connectivity index (χ4v) is 2.22. The van der Waals surface area contributed by atoms with Crippen LogP contribution in [0.15, 0.2) is 12.7 Å². The minimum atomic E-state index is 0.123. The highest BCUT2D eigenvalue weighted by Gasteiger charge is 2.41.